The summed E-state index contributed by atoms with van der Waals surface area (Å²) in [7, 11) is 0. The quantitative estimate of drug-likeness (QED) is 0.593. The zero-order valence-electron chi connectivity index (χ0n) is 9.11. The Hall–Kier alpha value is -2.42. The Balaban J connectivity index is 2.51. The molecule has 0 amide bonds. The third-order valence-corrected chi connectivity index (χ3v) is 2.40. The lowest BCUT2D eigenvalue weighted by molar-refractivity contribution is -0.401. The predicted molar refractivity (Wildman–Crippen MR) is 67.0 cm³/mol. The molecule has 2 aromatic rings. The number of rotatable bonds is 3. The second kappa shape index (κ2) is 5.07. The number of nitro groups is 1. The lowest BCUT2D eigenvalue weighted by atomic mass is 9.99. The zero-order chi connectivity index (χ0) is 12.1. The van der Waals surface area contributed by atoms with Gasteiger partial charge in [-0.05, 0) is 11.1 Å². The van der Waals surface area contributed by atoms with E-state index in [2.05, 4.69) is 0 Å². The van der Waals surface area contributed by atoms with Gasteiger partial charge in [0.1, 0.15) is 0 Å². The summed E-state index contributed by atoms with van der Waals surface area (Å²) in [4.78, 5) is 10.3. The van der Waals surface area contributed by atoms with Crippen LogP contribution in [0.1, 0.15) is 11.1 Å². The van der Waals surface area contributed by atoms with E-state index in [4.69, 9.17) is 0 Å². The van der Waals surface area contributed by atoms with Gasteiger partial charge in [-0.3, -0.25) is 10.1 Å². The van der Waals surface area contributed by atoms with Crippen molar-refractivity contribution in [3.05, 3.63) is 88.1 Å². The van der Waals surface area contributed by atoms with Gasteiger partial charge in [-0.15, -0.1) is 0 Å². The molecule has 2 rings (SSSR count). The molecule has 0 N–H and O–H groups in total. The molecule has 84 valence electrons. The highest BCUT2D eigenvalue weighted by Gasteiger charge is 2.08. The Morgan fingerprint density at radius 3 is 1.65 bits per heavy atom. The molecule has 0 saturated carbocycles. The van der Waals surface area contributed by atoms with Crippen LogP contribution < -0.4 is 0 Å². The first kappa shape index (κ1) is 11.1. The molecule has 0 spiro atoms. The summed E-state index contributed by atoms with van der Waals surface area (Å²) in [6.45, 7) is 0. The van der Waals surface area contributed by atoms with E-state index in [9.17, 15) is 10.1 Å². The molecule has 0 radical (unpaired) electrons. The maximum Gasteiger partial charge on any atom is 0.242 e. The Bertz CT molecular complexity index is 491. The second-order valence-corrected chi connectivity index (χ2v) is 3.56. The van der Waals surface area contributed by atoms with Crippen molar-refractivity contribution >= 4 is 5.57 Å². The van der Waals surface area contributed by atoms with Crippen LogP contribution in [-0.2, 0) is 0 Å². The van der Waals surface area contributed by atoms with Crippen molar-refractivity contribution in [1.29, 1.82) is 0 Å². The minimum absolute atomic E-state index is 0.421. The molecule has 17 heavy (non-hydrogen) atoms. The minimum Gasteiger partial charge on any atom is -0.259 e. The van der Waals surface area contributed by atoms with Crippen LogP contribution in [-0.4, -0.2) is 4.92 Å². The van der Waals surface area contributed by atoms with E-state index in [1.165, 1.54) is 0 Å². The van der Waals surface area contributed by atoms with Gasteiger partial charge in [0.25, 0.3) is 0 Å². The normalized spacial score (nSPS) is 9.65. The van der Waals surface area contributed by atoms with Crippen LogP contribution in [0.4, 0.5) is 0 Å². The van der Waals surface area contributed by atoms with E-state index in [1.54, 1.807) is 0 Å². The van der Waals surface area contributed by atoms with Crippen molar-refractivity contribution in [2.24, 2.45) is 0 Å². The van der Waals surface area contributed by atoms with Crippen LogP contribution in [0.3, 0.4) is 0 Å². The van der Waals surface area contributed by atoms with Crippen LogP contribution in [0.2, 0.25) is 0 Å². The summed E-state index contributed by atoms with van der Waals surface area (Å²) in [5.41, 5.74) is 2.31. The molecule has 0 aliphatic heterocycles. The Labute approximate surface area is 99.2 Å². The summed E-state index contributed by atoms with van der Waals surface area (Å²) < 4.78 is 0. The maximum absolute atomic E-state index is 10.7. The molecular formula is C14H11NO2. The minimum atomic E-state index is -0.421. The van der Waals surface area contributed by atoms with Crippen LogP contribution in [0, 0.1) is 10.1 Å². The monoisotopic (exact) mass is 225 g/mol. The maximum atomic E-state index is 10.7. The smallest absolute Gasteiger partial charge is 0.242 e. The number of benzene rings is 2. The molecule has 0 aliphatic rings. The summed E-state index contributed by atoms with van der Waals surface area (Å²) in [6, 6.07) is 18.7. The third-order valence-electron chi connectivity index (χ3n) is 2.40. The molecule has 0 unspecified atom stereocenters. The van der Waals surface area contributed by atoms with Crippen molar-refractivity contribution < 1.29 is 4.92 Å². The standard InChI is InChI=1S/C14H11NO2/c16-15(17)11-14(12-7-3-1-4-8-12)13-9-5-2-6-10-13/h1-11H. The van der Waals surface area contributed by atoms with E-state index in [1.807, 2.05) is 60.7 Å². The van der Waals surface area contributed by atoms with Crippen molar-refractivity contribution in [3.63, 3.8) is 0 Å². The summed E-state index contributed by atoms with van der Waals surface area (Å²) in [6.07, 6.45) is 1.05. The average Bonchev–Trinajstić information content (AvgIpc) is 2.38. The SMILES string of the molecule is O=[N+]([O-])C=C(c1ccccc1)c1ccccc1. The highest BCUT2D eigenvalue weighted by Crippen LogP contribution is 2.22. The topological polar surface area (TPSA) is 43.1 Å². The molecule has 0 fully saturated rings. The van der Waals surface area contributed by atoms with Crippen molar-refractivity contribution in [2.45, 2.75) is 0 Å². The fourth-order valence-corrected chi connectivity index (χ4v) is 1.66. The molecule has 0 saturated heterocycles. The van der Waals surface area contributed by atoms with Gasteiger partial charge in [0.05, 0.1) is 10.5 Å². The first-order chi connectivity index (χ1) is 8.27. The van der Waals surface area contributed by atoms with Crippen molar-refractivity contribution in [2.75, 3.05) is 0 Å². The number of nitrogens with zero attached hydrogens (tertiary/aromatic N) is 1. The Morgan fingerprint density at radius 2 is 1.29 bits per heavy atom. The van der Waals surface area contributed by atoms with Gasteiger partial charge in [0.15, 0.2) is 0 Å². The predicted octanol–water partition coefficient (Wildman–Crippen LogP) is 3.35. The van der Waals surface area contributed by atoms with Crippen molar-refractivity contribution in [1.82, 2.24) is 0 Å². The van der Waals surface area contributed by atoms with Crippen LogP contribution >= 0.6 is 0 Å². The molecule has 0 aromatic heterocycles. The van der Waals surface area contributed by atoms with Gasteiger partial charge in [-0.1, -0.05) is 60.7 Å². The molecule has 3 heteroatoms. The van der Waals surface area contributed by atoms with Crippen molar-refractivity contribution in [3.8, 4) is 0 Å². The first-order valence-electron chi connectivity index (χ1n) is 5.23. The van der Waals surface area contributed by atoms with Gasteiger partial charge in [0, 0.05) is 0 Å². The molecule has 3 nitrogen and oxygen atoms in total. The summed E-state index contributed by atoms with van der Waals surface area (Å²) in [5, 5.41) is 10.7. The van der Waals surface area contributed by atoms with E-state index in [0.29, 0.717) is 5.57 Å². The Kier molecular flexibility index (Phi) is 3.31. The largest absolute Gasteiger partial charge is 0.259 e. The van der Waals surface area contributed by atoms with Gasteiger partial charge in [-0.2, -0.15) is 0 Å². The second-order valence-electron chi connectivity index (χ2n) is 3.56. The molecule has 2 aromatic carbocycles. The van der Waals surface area contributed by atoms with Gasteiger partial charge < -0.3 is 0 Å². The lowest BCUT2D eigenvalue weighted by Crippen LogP contribution is -1.93. The van der Waals surface area contributed by atoms with E-state index < -0.39 is 4.92 Å². The fourth-order valence-electron chi connectivity index (χ4n) is 1.66. The summed E-state index contributed by atoms with van der Waals surface area (Å²) >= 11 is 0. The summed E-state index contributed by atoms with van der Waals surface area (Å²) in [5.74, 6) is 0. The molecule has 0 bridgehead atoms. The van der Waals surface area contributed by atoms with Crippen LogP contribution in [0.25, 0.3) is 5.57 Å². The van der Waals surface area contributed by atoms with Gasteiger partial charge in [0.2, 0.25) is 6.20 Å². The lowest BCUT2D eigenvalue weighted by Gasteiger charge is -2.04. The highest BCUT2D eigenvalue weighted by atomic mass is 16.6. The van der Waals surface area contributed by atoms with Gasteiger partial charge >= 0.3 is 0 Å². The molecule has 0 atom stereocenters. The number of hydrogen-bond donors (Lipinski definition) is 0. The molecule has 0 heterocycles. The van der Waals surface area contributed by atoms with E-state index in [-0.39, 0.29) is 0 Å². The highest BCUT2D eigenvalue weighted by molar-refractivity contribution is 5.78. The zero-order valence-corrected chi connectivity index (χ0v) is 9.11. The van der Waals surface area contributed by atoms with Gasteiger partial charge in [-0.25, -0.2) is 0 Å². The average molecular weight is 225 g/mol. The van der Waals surface area contributed by atoms with E-state index >= 15 is 0 Å². The fraction of sp³-hybridized carbons (Fsp3) is 0. The Morgan fingerprint density at radius 1 is 0.882 bits per heavy atom. The third kappa shape index (κ3) is 2.78. The first-order valence-corrected chi connectivity index (χ1v) is 5.23. The number of hydrogen-bond acceptors (Lipinski definition) is 2. The van der Waals surface area contributed by atoms with Crippen LogP contribution in [0.15, 0.2) is 66.9 Å². The van der Waals surface area contributed by atoms with Crippen LogP contribution in [0.5, 0.6) is 0 Å². The molecule has 0 aliphatic carbocycles. The van der Waals surface area contributed by atoms with E-state index in [0.717, 1.165) is 17.3 Å². The molecular weight excluding hydrogens is 214 g/mol.